The summed E-state index contributed by atoms with van der Waals surface area (Å²) in [4.78, 5) is 36.4. The van der Waals surface area contributed by atoms with Gasteiger partial charge in [-0.3, -0.25) is 4.79 Å². The summed E-state index contributed by atoms with van der Waals surface area (Å²) in [5.74, 6) is -0.414. The molecular formula is C25H18N4O3S2. The van der Waals surface area contributed by atoms with E-state index in [4.69, 9.17) is 9.72 Å². The van der Waals surface area contributed by atoms with E-state index in [0.29, 0.717) is 21.2 Å². The SMILES string of the molecule is Cc1cc(=O)n2nc(COC(=O)c3c4c(nc5ccccc35)/C(=C/c3cccs3)CC4)sc2n1. The molecule has 0 unspecified atom stereocenters. The minimum absolute atomic E-state index is 0.0331. The summed E-state index contributed by atoms with van der Waals surface area (Å²) >= 11 is 2.91. The summed E-state index contributed by atoms with van der Waals surface area (Å²) in [7, 11) is 0. The molecule has 4 heterocycles. The fourth-order valence-corrected chi connectivity index (χ4v) is 5.81. The van der Waals surface area contributed by atoms with E-state index in [-0.39, 0.29) is 12.2 Å². The number of pyridine rings is 1. The molecule has 0 bridgehead atoms. The maximum Gasteiger partial charge on any atom is 0.339 e. The molecule has 34 heavy (non-hydrogen) atoms. The standard InChI is InChI=1S/C25H18N4O3S2/c1-14-11-21(30)29-25(26-14)34-20(28-29)13-32-24(31)22-17-6-2-3-7-19(17)27-23-15(8-9-18(22)23)12-16-5-4-10-33-16/h2-7,10-12H,8-9,13H2,1H3/b15-12+. The van der Waals surface area contributed by atoms with Crippen molar-refractivity contribution in [3.8, 4) is 0 Å². The van der Waals surface area contributed by atoms with E-state index in [0.717, 1.165) is 45.5 Å². The number of aromatic nitrogens is 4. The van der Waals surface area contributed by atoms with Gasteiger partial charge in [-0.25, -0.2) is 14.8 Å². The van der Waals surface area contributed by atoms with Crippen LogP contribution < -0.4 is 5.56 Å². The van der Waals surface area contributed by atoms with E-state index in [1.807, 2.05) is 35.7 Å². The van der Waals surface area contributed by atoms with Crippen LogP contribution in [-0.4, -0.2) is 25.6 Å². The number of carbonyl (C=O) groups excluding carboxylic acids is 1. The lowest BCUT2D eigenvalue weighted by molar-refractivity contribution is 0.0472. The van der Waals surface area contributed by atoms with Crippen LogP contribution in [0.15, 0.2) is 52.6 Å². The van der Waals surface area contributed by atoms with E-state index in [1.165, 1.54) is 21.9 Å². The van der Waals surface area contributed by atoms with Crippen LogP contribution in [0.3, 0.4) is 0 Å². The number of ether oxygens (including phenoxy) is 1. The van der Waals surface area contributed by atoms with Crippen molar-refractivity contribution in [2.24, 2.45) is 0 Å². The van der Waals surface area contributed by atoms with Crippen molar-refractivity contribution < 1.29 is 9.53 Å². The molecule has 0 fully saturated rings. The fraction of sp³-hybridized carbons (Fsp3) is 0.160. The number of rotatable bonds is 4. The number of carbonyl (C=O) groups is 1. The third-order valence-electron chi connectivity index (χ3n) is 5.75. The van der Waals surface area contributed by atoms with Gasteiger partial charge in [0.25, 0.3) is 5.56 Å². The highest BCUT2D eigenvalue weighted by Gasteiger charge is 2.28. The lowest BCUT2D eigenvalue weighted by atomic mass is 10.0. The number of benzene rings is 1. The van der Waals surface area contributed by atoms with Crippen molar-refractivity contribution in [3.63, 3.8) is 0 Å². The highest BCUT2D eigenvalue weighted by molar-refractivity contribution is 7.16. The Morgan fingerprint density at radius 1 is 1.18 bits per heavy atom. The van der Waals surface area contributed by atoms with Gasteiger partial charge in [-0.05, 0) is 54.5 Å². The molecule has 1 aliphatic carbocycles. The zero-order valence-electron chi connectivity index (χ0n) is 18.1. The molecule has 0 spiro atoms. The Morgan fingerprint density at radius 2 is 2.06 bits per heavy atom. The quantitative estimate of drug-likeness (QED) is 0.336. The molecule has 0 saturated carbocycles. The Labute approximate surface area is 202 Å². The Balaban J connectivity index is 1.37. The number of nitrogens with zero attached hydrogens (tertiary/aromatic N) is 4. The van der Waals surface area contributed by atoms with Gasteiger partial charge in [-0.15, -0.1) is 11.3 Å². The summed E-state index contributed by atoms with van der Waals surface area (Å²) in [6.07, 6.45) is 3.71. The average molecular weight is 487 g/mol. The van der Waals surface area contributed by atoms with Crippen LogP contribution in [-0.2, 0) is 17.8 Å². The molecule has 168 valence electrons. The first-order valence-electron chi connectivity index (χ1n) is 10.8. The Morgan fingerprint density at radius 3 is 2.91 bits per heavy atom. The lowest BCUT2D eigenvalue weighted by Crippen LogP contribution is -2.15. The largest absolute Gasteiger partial charge is 0.455 e. The number of allylic oxidation sites excluding steroid dienone is 1. The van der Waals surface area contributed by atoms with Crippen molar-refractivity contribution >= 4 is 56.2 Å². The Kier molecular flexibility index (Phi) is 5.08. The van der Waals surface area contributed by atoms with Gasteiger partial charge in [0.1, 0.15) is 6.61 Å². The zero-order valence-corrected chi connectivity index (χ0v) is 19.8. The van der Waals surface area contributed by atoms with Crippen LogP contribution in [0.1, 0.15) is 43.6 Å². The van der Waals surface area contributed by atoms with Crippen molar-refractivity contribution in [2.75, 3.05) is 0 Å². The van der Waals surface area contributed by atoms with Gasteiger partial charge in [0.2, 0.25) is 4.96 Å². The normalized spacial score (nSPS) is 14.2. The molecule has 1 aliphatic rings. The van der Waals surface area contributed by atoms with E-state index < -0.39 is 5.97 Å². The number of esters is 1. The molecular weight excluding hydrogens is 468 g/mol. The van der Waals surface area contributed by atoms with Crippen molar-refractivity contribution in [2.45, 2.75) is 26.4 Å². The van der Waals surface area contributed by atoms with Crippen LogP contribution in [0.5, 0.6) is 0 Å². The molecule has 0 N–H and O–H groups in total. The number of hydrogen-bond acceptors (Lipinski definition) is 8. The molecule has 6 rings (SSSR count). The number of thiophene rings is 1. The van der Waals surface area contributed by atoms with Gasteiger partial charge >= 0.3 is 5.97 Å². The Hall–Kier alpha value is -3.69. The van der Waals surface area contributed by atoms with Gasteiger partial charge in [0, 0.05) is 22.0 Å². The van der Waals surface area contributed by atoms with Crippen LogP contribution in [0.2, 0.25) is 0 Å². The van der Waals surface area contributed by atoms with E-state index in [2.05, 4.69) is 22.2 Å². The van der Waals surface area contributed by atoms with E-state index >= 15 is 0 Å². The van der Waals surface area contributed by atoms with Crippen molar-refractivity contribution in [1.29, 1.82) is 0 Å². The maximum atomic E-state index is 13.4. The third-order valence-corrected chi connectivity index (χ3v) is 7.45. The highest BCUT2D eigenvalue weighted by atomic mass is 32.1. The summed E-state index contributed by atoms with van der Waals surface area (Å²) in [5.41, 5.74) is 4.61. The summed E-state index contributed by atoms with van der Waals surface area (Å²) < 4.78 is 6.95. The second-order valence-electron chi connectivity index (χ2n) is 8.02. The maximum absolute atomic E-state index is 13.4. The molecule has 5 aromatic rings. The average Bonchev–Trinajstić information content (AvgIpc) is 3.57. The molecule has 0 aliphatic heterocycles. The number of aryl methyl sites for hydroxylation is 1. The van der Waals surface area contributed by atoms with Gasteiger partial charge in [0.05, 0.1) is 16.8 Å². The second kappa shape index (κ2) is 8.27. The first-order valence-corrected chi connectivity index (χ1v) is 12.5. The number of para-hydroxylation sites is 1. The van der Waals surface area contributed by atoms with Gasteiger partial charge in [0.15, 0.2) is 5.01 Å². The minimum Gasteiger partial charge on any atom is -0.455 e. The smallest absolute Gasteiger partial charge is 0.339 e. The topological polar surface area (TPSA) is 86.5 Å². The molecule has 0 saturated heterocycles. The molecule has 9 heteroatoms. The molecule has 1 aromatic carbocycles. The minimum atomic E-state index is -0.414. The van der Waals surface area contributed by atoms with E-state index in [9.17, 15) is 9.59 Å². The van der Waals surface area contributed by atoms with Gasteiger partial charge in [-0.2, -0.15) is 9.61 Å². The monoisotopic (exact) mass is 486 g/mol. The van der Waals surface area contributed by atoms with Crippen molar-refractivity contribution in [1.82, 2.24) is 19.6 Å². The van der Waals surface area contributed by atoms with Crippen LogP contribution >= 0.6 is 22.7 Å². The molecule has 0 atom stereocenters. The van der Waals surface area contributed by atoms with E-state index in [1.54, 1.807) is 18.3 Å². The van der Waals surface area contributed by atoms with Crippen LogP contribution in [0, 0.1) is 6.92 Å². The summed E-state index contributed by atoms with van der Waals surface area (Å²) in [6, 6.07) is 13.2. The second-order valence-corrected chi connectivity index (χ2v) is 10.0. The predicted molar refractivity (Wildman–Crippen MR) is 133 cm³/mol. The Bertz CT molecular complexity index is 1670. The highest BCUT2D eigenvalue weighted by Crippen LogP contribution is 2.38. The molecule has 0 radical (unpaired) electrons. The zero-order chi connectivity index (χ0) is 23.2. The fourth-order valence-electron chi connectivity index (χ4n) is 4.28. The molecule has 7 nitrogen and oxygen atoms in total. The van der Waals surface area contributed by atoms with Gasteiger partial charge < -0.3 is 4.74 Å². The predicted octanol–water partition coefficient (Wildman–Crippen LogP) is 4.91. The van der Waals surface area contributed by atoms with Crippen LogP contribution in [0.25, 0.3) is 27.5 Å². The number of fused-ring (bicyclic) bond motifs is 3. The molecule has 0 amide bonds. The number of hydrogen-bond donors (Lipinski definition) is 0. The summed E-state index contributed by atoms with van der Waals surface area (Å²) in [6.45, 7) is 1.73. The first-order chi connectivity index (χ1) is 16.6. The molecule has 4 aromatic heterocycles. The lowest BCUT2D eigenvalue weighted by Gasteiger charge is -2.12. The van der Waals surface area contributed by atoms with Crippen LogP contribution in [0.4, 0.5) is 0 Å². The first kappa shape index (κ1) is 20.9. The van der Waals surface area contributed by atoms with Crippen molar-refractivity contribution in [3.05, 3.63) is 90.6 Å². The summed E-state index contributed by atoms with van der Waals surface area (Å²) in [5, 5.41) is 7.61. The van der Waals surface area contributed by atoms with Gasteiger partial charge in [-0.1, -0.05) is 35.6 Å². The third kappa shape index (κ3) is 3.63.